The minimum atomic E-state index is -0.238. The monoisotopic (exact) mass is 293 g/mol. The molecule has 1 unspecified atom stereocenters. The number of nitrogens with one attached hydrogen (secondary N) is 1. The lowest BCUT2D eigenvalue weighted by Crippen LogP contribution is -2.26. The summed E-state index contributed by atoms with van der Waals surface area (Å²) >= 11 is 0. The Morgan fingerprint density at radius 2 is 2.10 bits per heavy atom. The van der Waals surface area contributed by atoms with Crippen LogP contribution in [0.3, 0.4) is 0 Å². The first-order valence-electron chi connectivity index (χ1n) is 7.67. The number of halogens is 1. The molecule has 0 saturated heterocycles. The van der Waals surface area contributed by atoms with Crippen LogP contribution in [0.5, 0.6) is 0 Å². The fourth-order valence-electron chi connectivity index (χ4n) is 2.44. The molecule has 0 spiro atoms. The Kier molecular flexibility index (Phi) is 5.76. The van der Waals surface area contributed by atoms with Gasteiger partial charge in [0.05, 0.1) is 12.6 Å². The van der Waals surface area contributed by atoms with E-state index in [0.717, 1.165) is 48.3 Å². The number of furan rings is 1. The first-order chi connectivity index (χ1) is 10.2. The molecule has 1 heterocycles. The van der Waals surface area contributed by atoms with Crippen LogP contribution in [0.1, 0.15) is 44.1 Å². The maximum absolute atomic E-state index is 13.4. The van der Waals surface area contributed by atoms with Crippen molar-refractivity contribution < 1.29 is 13.5 Å². The van der Waals surface area contributed by atoms with Crippen LogP contribution in [0.4, 0.5) is 4.39 Å². The highest BCUT2D eigenvalue weighted by molar-refractivity contribution is 5.82. The first-order valence-corrected chi connectivity index (χ1v) is 7.67. The summed E-state index contributed by atoms with van der Waals surface area (Å²) < 4.78 is 25.0. The van der Waals surface area contributed by atoms with Gasteiger partial charge in [-0.3, -0.25) is 0 Å². The third-order valence-corrected chi connectivity index (χ3v) is 3.53. The van der Waals surface area contributed by atoms with Gasteiger partial charge in [0.2, 0.25) is 0 Å². The largest absolute Gasteiger partial charge is 0.459 e. The Morgan fingerprint density at radius 1 is 1.29 bits per heavy atom. The lowest BCUT2D eigenvalue weighted by molar-refractivity contribution is 0.106. The number of hydrogen-bond donors (Lipinski definition) is 1. The number of aryl methyl sites for hydroxylation is 1. The standard InChI is InChI=1S/C17H24FNO2/c1-4-8-19-15(11-20-9-5-2)17-12(3)14-10-13(18)6-7-16(14)21-17/h6-7,10,15,19H,4-5,8-9,11H2,1-3H3. The van der Waals surface area contributed by atoms with Crippen molar-refractivity contribution >= 4 is 11.0 Å². The third-order valence-electron chi connectivity index (χ3n) is 3.53. The summed E-state index contributed by atoms with van der Waals surface area (Å²) in [6, 6.07) is 4.65. The molecule has 0 amide bonds. The predicted octanol–water partition coefficient (Wildman–Crippen LogP) is 4.35. The van der Waals surface area contributed by atoms with E-state index in [4.69, 9.17) is 9.15 Å². The molecule has 0 radical (unpaired) electrons. The van der Waals surface area contributed by atoms with E-state index in [1.165, 1.54) is 12.1 Å². The van der Waals surface area contributed by atoms with Gasteiger partial charge in [-0.2, -0.15) is 0 Å². The molecular formula is C17H24FNO2. The summed E-state index contributed by atoms with van der Waals surface area (Å²) in [5.41, 5.74) is 1.71. The first kappa shape index (κ1) is 16.0. The van der Waals surface area contributed by atoms with E-state index in [0.29, 0.717) is 6.61 Å². The number of rotatable bonds is 8. The second-order valence-electron chi connectivity index (χ2n) is 5.31. The SMILES string of the molecule is CCCNC(COCCC)c1oc2ccc(F)cc2c1C. The van der Waals surface area contributed by atoms with E-state index in [9.17, 15) is 4.39 Å². The van der Waals surface area contributed by atoms with E-state index in [-0.39, 0.29) is 11.9 Å². The van der Waals surface area contributed by atoms with E-state index in [2.05, 4.69) is 19.2 Å². The van der Waals surface area contributed by atoms with Gasteiger partial charge in [0.15, 0.2) is 0 Å². The maximum atomic E-state index is 13.4. The summed E-state index contributed by atoms with van der Waals surface area (Å²) in [5.74, 6) is 0.610. The van der Waals surface area contributed by atoms with Crippen LogP contribution in [-0.2, 0) is 4.74 Å². The van der Waals surface area contributed by atoms with Crippen LogP contribution in [0.2, 0.25) is 0 Å². The van der Waals surface area contributed by atoms with Crippen molar-refractivity contribution in [3.05, 3.63) is 35.3 Å². The van der Waals surface area contributed by atoms with Crippen molar-refractivity contribution in [3.8, 4) is 0 Å². The topological polar surface area (TPSA) is 34.4 Å². The minimum absolute atomic E-state index is 0.00645. The fraction of sp³-hybridized carbons (Fsp3) is 0.529. The molecule has 4 heteroatoms. The number of hydrogen-bond acceptors (Lipinski definition) is 3. The normalized spacial score (nSPS) is 13.0. The van der Waals surface area contributed by atoms with Gasteiger partial charge in [0.1, 0.15) is 17.2 Å². The zero-order valence-corrected chi connectivity index (χ0v) is 13.0. The highest BCUT2D eigenvalue weighted by Crippen LogP contribution is 2.30. The van der Waals surface area contributed by atoms with Crippen molar-refractivity contribution in [2.24, 2.45) is 0 Å². The molecule has 116 valence electrons. The van der Waals surface area contributed by atoms with Crippen LogP contribution >= 0.6 is 0 Å². The third kappa shape index (κ3) is 3.83. The van der Waals surface area contributed by atoms with E-state index < -0.39 is 0 Å². The highest BCUT2D eigenvalue weighted by atomic mass is 19.1. The average molecular weight is 293 g/mol. The zero-order chi connectivity index (χ0) is 15.2. The predicted molar refractivity (Wildman–Crippen MR) is 83.1 cm³/mol. The summed E-state index contributed by atoms with van der Waals surface area (Å²) in [7, 11) is 0. The van der Waals surface area contributed by atoms with Crippen molar-refractivity contribution in [3.63, 3.8) is 0 Å². The number of benzene rings is 1. The van der Waals surface area contributed by atoms with Crippen LogP contribution in [0, 0.1) is 12.7 Å². The molecular weight excluding hydrogens is 269 g/mol. The molecule has 21 heavy (non-hydrogen) atoms. The Morgan fingerprint density at radius 3 is 2.81 bits per heavy atom. The molecule has 0 bridgehead atoms. The summed E-state index contributed by atoms with van der Waals surface area (Å²) in [6.07, 6.45) is 2.03. The average Bonchev–Trinajstić information content (AvgIpc) is 2.80. The summed E-state index contributed by atoms with van der Waals surface area (Å²) in [6.45, 7) is 8.38. The van der Waals surface area contributed by atoms with Gasteiger partial charge in [-0.25, -0.2) is 4.39 Å². The molecule has 0 aliphatic carbocycles. The number of fused-ring (bicyclic) bond motifs is 1. The van der Waals surface area contributed by atoms with Crippen LogP contribution in [-0.4, -0.2) is 19.8 Å². The van der Waals surface area contributed by atoms with Gasteiger partial charge < -0.3 is 14.5 Å². The quantitative estimate of drug-likeness (QED) is 0.735. The molecule has 0 fully saturated rings. The Bertz CT molecular complexity index is 579. The lowest BCUT2D eigenvalue weighted by atomic mass is 10.1. The highest BCUT2D eigenvalue weighted by Gasteiger charge is 2.20. The Balaban J connectivity index is 2.27. The second kappa shape index (κ2) is 7.57. The van der Waals surface area contributed by atoms with Crippen molar-refractivity contribution in [2.75, 3.05) is 19.8 Å². The Labute approximate surface area is 125 Å². The summed E-state index contributed by atoms with van der Waals surface area (Å²) in [5, 5.41) is 4.29. The van der Waals surface area contributed by atoms with Gasteiger partial charge in [-0.1, -0.05) is 13.8 Å². The van der Waals surface area contributed by atoms with Gasteiger partial charge >= 0.3 is 0 Å². The molecule has 0 aliphatic heterocycles. The molecule has 3 nitrogen and oxygen atoms in total. The molecule has 0 aliphatic rings. The second-order valence-corrected chi connectivity index (χ2v) is 5.31. The van der Waals surface area contributed by atoms with Crippen LogP contribution in [0.15, 0.2) is 22.6 Å². The van der Waals surface area contributed by atoms with Gasteiger partial charge in [-0.15, -0.1) is 0 Å². The minimum Gasteiger partial charge on any atom is -0.459 e. The smallest absolute Gasteiger partial charge is 0.134 e. The fourth-order valence-corrected chi connectivity index (χ4v) is 2.44. The van der Waals surface area contributed by atoms with E-state index >= 15 is 0 Å². The van der Waals surface area contributed by atoms with Crippen LogP contribution in [0.25, 0.3) is 11.0 Å². The van der Waals surface area contributed by atoms with Crippen LogP contribution < -0.4 is 5.32 Å². The van der Waals surface area contributed by atoms with E-state index in [1.807, 2.05) is 6.92 Å². The molecule has 1 N–H and O–H groups in total. The lowest BCUT2D eigenvalue weighted by Gasteiger charge is -2.17. The summed E-state index contributed by atoms with van der Waals surface area (Å²) in [4.78, 5) is 0. The van der Waals surface area contributed by atoms with Crippen molar-refractivity contribution in [1.82, 2.24) is 5.32 Å². The molecule has 2 rings (SSSR count). The molecule has 1 aromatic carbocycles. The molecule has 1 atom stereocenters. The van der Waals surface area contributed by atoms with Gasteiger partial charge in [0.25, 0.3) is 0 Å². The molecule has 2 aromatic rings. The van der Waals surface area contributed by atoms with Gasteiger partial charge in [-0.05, 0) is 44.5 Å². The number of ether oxygens (including phenoxy) is 1. The van der Waals surface area contributed by atoms with Crippen molar-refractivity contribution in [2.45, 2.75) is 39.7 Å². The van der Waals surface area contributed by atoms with Crippen molar-refractivity contribution in [1.29, 1.82) is 0 Å². The maximum Gasteiger partial charge on any atom is 0.134 e. The van der Waals surface area contributed by atoms with E-state index in [1.54, 1.807) is 6.07 Å². The molecule has 1 aromatic heterocycles. The van der Waals surface area contributed by atoms with Gasteiger partial charge in [0, 0.05) is 17.6 Å². The zero-order valence-electron chi connectivity index (χ0n) is 13.0. The molecule has 0 saturated carbocycles. The Hall–Kier alpha value is -1.39.